The van der Waals surface area contributed by atoms with Crippen molar-refractivity contribution in [3.8, 4) is 0 Å². The maximum absolute atomic E-state index is 3.90. The maximum atomic E-state index is 3.90. The summed E-state index contributed by atoms with van der Waals surface area (Å²) < 4.78 is 2.37. The number of benzene rings is 3. The van der Waals surface area contributed by atoms with E-state index in [1.807, 2.05) is 0 Å². The summed E-state index contributed by atoms with van der Waals surface area (Å²) in [6.07, 6.45) is 19.8. The van der Waals surface area contributed by atoms with Crippen molar-refractivity contribution in [1.29, 1.82) is 0 Å². The molecule has 1 heterocycles. The van der Waals surface area contributed by atoms with Gasteiger partial charge in [0.1, 0.15) is 0 Å². The van der Waals surface area contributed by atoms with Crippen molar-refractivity contribution in [2.75, 3.05) is 0 Å². The van der Waals surface area contributed by atoms with Crippen molar-refractivity contribution in [2.45, 2.75) is 76.6 Å². The number of alkyl halides is 1. The topological polar surface area (TPSA) is 4.93 Å². The van der Waals surface area contributed by atoms with E-state index in [-0.39, 0.29) is 0 Å². The Morgan fingerprint density at radius 2 is 1.14 bits per heavy atom. The van der Waals surface area contributed by atoms with Crippen molar-refractivity contribution in [1.82, 2.24) is 4.57 Å². The van der Waals surface area contributed by atoms with Gasteiger partial charge in [-0.2, -0.15) is 0 Å². The molecule has 42 heavy (non-hydrogen) atoms. The van der Waals surface area contributed by atoms with Crippen molar-refractivity contribution in [2.24, 2.45) is 23.7 Å². The maximum Gasteiger partial charge on any atom is 0.0491 e. The molecule has 1 aromatic heterocycles. The number of rotatable bonds is 8. The van der Waals surface area contributed by atoms with E-state index in [4.69, 9.17) is 0 Å². The smallest absolute Gasteiger partial charge is 0.0491 e. The van der Waals surface area contributed by atoms with Gasteiger partial charge in [0.15, 0.2) is 0 Å². The Kier molecular flexibility index (Phi) is 12.8. The van der Waals surface area contributed by atoms with Crippen LogP contribution in [0.3, 0.4) is 0 Å². The lowest BCUT2D eigenvalue weighted by molar-refractivity contribution is 0.613. The second-order valence-corrected chi connectivity index (χ2v) is 13.1. The summed E-state index contributed by atoms with van der Waals surface area (Å²) in [5.74, 6) is 3.20. The fourth-order valence-electron chi connectivity index (χ4n) is 6.62. The van der Waals surface area contributed by atoms with Gasteiger partial charge in [0, 0.05) is 33.2 Å². The number of nitrogens with zero attached hydrogens (tertiary/aromatic N) is 1. The van der Waals surface area contributed by atoms with E-state index in [1.54, 1.807) is 0 Å². The van der Waals surface area contributed by atoms with Crippen molar-refractivity contribution in [3.05, 3.63) is 122 Å². The average molecular weight is 625 g/mol. The van der Waals surface area contributed by atoms with Gasteiger partial charge in [-0.3, -0.25) is 0 Å². The van der Waals surface area contributed by atoms with Crippen LogP contribution < -0.4 is 0 Å². The number of halogens is 1. The lowest BCUT2D eigenvalue weighted by Crippen LogP contribution is -1.94. The number of hydrogen-bond donors (Lipinski definition) is 0. The van der Waals surface area contributed by atoms with Crippen molar-refractivity contribution >= 4 is 37.7 Å². The van der Waals surface area contributed by atoms with E-state index in [0.717, 1.165) is 30.2 Å². The predicted molar refractivity (Wildman–Crippen MR) is 189 cm³/mol. The first-order valence-corrected chi connectivity index (χ1v) is 17.1. The molecule has 0 amide bonds. The van der Waals surface area contributed by atoms with Crippen LogP contribution in [0.5, 0.6) is 0 Å². The van der Waals surface area contributed by atoms with Crippen molar-refractivity contribution < 1.29 is 0 Å². The number of para-hydroxylation sites is 2. The van der Waals surface area contributed by atoms with Gasteiger partial charge in [-0.05, 0) is 93.2 Å². The zero-order chi connectivity index (χ0) is 29.7. The third kappa shape index (κ3) is 8.60. The molecule has 0 N–H and O–H groups in total. The number of allylic oxidation sites excluding steroid dienone is 4. The molecule has 2 heteroatoms. The lowest BCUT2D eigenvalue weighted by Gasteiger charge is -2.07. The SMILES string of the molecule is C=CC1CCC(/C=C\C2CCC(C=C)C2)C1.CCCC(Br)c1ccccc1.CCn1c2ccccc2c2ccccc21. The summed E-state index contributed by atoms with van der Waals surface area (Å²) in [6, 6.07) is 27.7. The summed E-state index contributed by atoms with van der Waals surface area (Å²) >= 11 is 3.65. The Bertz CT molecular complexity index is 1330. The van der Waals surface area contributed by atoms with Crippen LogP contribution in [0.4, 0.5) is 0 Å². The lowest BCUT2D eigenvalue weighted by atomic mass is 10.00. The van der Waals surface area contributed by atoms with E-state index in [1.165, 1.54) is 78.7 Å². The fourth-order valence-corrected chi connectivity index (χ4v) is 7.39. The third-order valence-corrected chi connectivity index (χ3v) is 10.0. The molecule has 4 aromatic rings. The fraction of sp³-hybridized carbons (Fsp3) is 0.400. The molecule has 222 valence electrons. The van der Waals surface area contributed by atoms with Gasteiger partial charge in [0.25, 0.3) is 0 Å². The van der Waals surface area contributed by atoms with Gasteiger partial charge in [0.05, 0.1) is 0 Å². The Morgan fingerprint density at radius 3 is 1.57 bits per heavy atom. The molecular formula is C40H50BrN. The highest BCUT2D eigenvalue weighted by Gasteiger charge is 2.23. The number of fused-ring (bicyclic) bond motifs is 3. The van der Waals surface area contributed by atoms with Crippen LogP contribution in [0.1, 0.15) is 75.6 Å². The van der Waals surface area contributed by atoms with E-state index in [2.05, 4.69) is 151 Å². The van der Waals surface area contributed by atoms with Gasteiger partial charge in [-0.25, -0.2) is 0 Å². The average Bonchev–Trinajstić information content (AvgIpc) is 3.78. The van der Waals surface area contributed by atoms with Crippen LogP contribution in [-0.4, -0.2) is 4.57 Å². The summed E-state index contributed by atoms with van der Waals surface area (Å²) in [7, 11) is 0. The quantitative estimate of drug-likeness (QED) is 0.136. The van der Waals surface area contributed by atoms with E-state index >= 15 is 0 Å². The zero-order valence-corrected chi connectivity index (χ0v) is 27.4. The summed E-state index contributed by atoms with van der Waals surface area (Å²) in [4.78, 5) is 0.536. The molecule has 3 aromatic carbocycles. The zero-order valence-electron chi connectivity index (χ0n) is 25.8. The Balaban J connectivity index is 0.000000147. The second kappa shape index (κ2) is 16.7. The minimum Gasteiger partial charge on any atom is -0.341 e. The molecule has 2 fully saturated rings. The first-order chi connectivity index (χ1) is 20.6. The van der Waals surface area contributed by atoms with Gasteiger partial charge in [-0.1, -0.05) is 120 Å². The highest BCUT2D eigenvalue weighted by molar-refractivity contribution is 9.09. The van der Waals surface area contributed by atoms with Crippen LogP contribution in [0, 0.1) is 23.7 Å². The Labute approximate surface area is 263 Å². The molecule has 5 unspecified atom stereocenters. The summed E-state index contributed by atoms with van der Waals surface area (Å²) in [5, 5.41) is 2.71. The van der Waals surface area contributed by atoms with E-state index < -0.39 is 0 Å². The van der Waals surface area contributed by atoms with Crippen LogP contribution in [-0.2, 0) is 6.54 Å². The highest BCUT2D eigenvalue weighted by Crippen LogP contribution is 2.36. The molecule has 0 saturated heterocycles. The molecule has 2 saturated carbocycles. The summed E-state index contributed by atoms with van der Waals surface area (Å²) in [6.45, 7) is 13.2. The first-order valence-electron chi connectivity index (χ1n) is 16.2. The third-order valence-electron chi connectivity index (χ3n) is 9.05. The standard InChI is InChI=1S/C16H24.C14H13N.C10H13Br/c1-3-13-5-7-15(11-13)9-10-16-8-6-14(4-2)12-16;1-2-15-13-9-5-3-7-11(13)12-8-4-6-10-14(12)15;1-2-6-10(11)9-7-4-3-5-8-9/h3-4,9-10,13-16H,1-2,5-8,11-12H2;3-10H,2H2,1H3;3-5,7-8,10H,2,6H2,1H3/b10-9-;;. The monoisotopic (exact) mass is 623 g/mol. The Morgan fingerprint density at radius 1 is 0.690 bits per heavy atom. The minimum absolute atomic E-state index is 0.536. The van der Waals surface area contributed by atoms with Gasteiger partial charge in [0.2, 0.25) is 0 Å². The van der Waals surface area contributed by atoms with E-state index in [9.17, 15) is 0 Å². The number of aromatic nitrogens is 1. The van der Waals surface area contributed by atoms with Crippen LogP contribution in [0.2, 0.25) is 0 Å². The molecule has 0 spiro atoms. The largest absolute Gasteiger partial charge is 0.341 e. The predicted octanol–water partition coefficient (Wildman–Crippen LogP) is 12.5. The molecule has 0 aliphatic heterocycles. The molecule has 1 nitrogen and oxygen atoms in total. The highest BCUT2D eigenvalue weighted by atomic mass is 79.9. The molecule has 0 radical (unpaired) electrons. The van der Waals surface area contributed by atoms with Crippen LogP contribution >= 0.6 is 15.9 Å². The molecule has 2 aliphatic rings. The van der Waals surface area contributed by atoms with Crippen molar-refractivity contribution in [3.63, 3.8) is 0 Å². The first kappa shape index (κ1) is 32.1. The molecule has 2 aliphatic carbocycles. The summed E-state index contributed by atoms with van der Waals surface area (Å²) in [5.41, 5.74) is 4.05. The molecule has 0 bridgehead atoms. The van der Waals surface area contributed by atoms with E-state index in [0.29, 0.717) is 4.83 Å². The van der Waals surface area contributed by atoms with Crippen LogP contribution in [0.25, 0.3) is 21.8 Å². The molecule has 6 rings (SSSR count). The second-order valence-electron chi connectivity index (χ2n) is 12.0. The van der Waals surface area contributed by atoms with Gasteiger partial charge >= 0.3 is 0 Å². The molecular weight excluding hydrogens is 574 g/mol. The normalized spacial score (nSPS) is 22.4. The Hall–Kier alpha value is -2.84. The van der Waals surface area contributed by atoms with Gasteiger partial charge in [-0.15, -0.1) is 13.2 Å². The minimum atomic E-state index is 0.536. The number of aryl methyl sites for hydroxylation is 1. The molecule has 5 atom stereocenters. The number of hydrogen-bond acceptors (Lipinski definition) is 0. The van der Waals surface area contributed by atoms with Gasteiger partial charge < -0.3 is 4.57 Å². The van der Waals surface area contributed by atoms with Crippen LogP contribution in [0.15, 0.2) is 116 Å².